The Bertz CT molecular complexity index is 1020. The molecule has 1 saturated heterocycles. The molecule has 5 rings (SSSR count). The third kappa shape index (κ3) is 4.33. The van der Waals surface area contributed by atoms with Crippen LogP contribution in [-0.4, -0.2) is 60.7 Å². The summed E-state index contributed by atoms with van der Waals surface area (Å²) in [6, 6.07) is 10.3. The zero-order valence-electron chi connectivity index (χ0n) is 17.9. The van der Waals surface area contributed by atoms with Gasteiger partial charge in [-0.1, -0.05) is 43.2 Å². The van der Waals surface area contributed by atoms with Crippen molar-refractivity contribution in [3.8, 4) is 0 Å². The van der Waals surface area contributed by atoms with Crippen LogP contribution in [0.2, 0.25) is 0 Å². The van der Waals surface area contributed by atoms with Crippen LogP contribution in [0.3, 0.4) is 0 Å². The fraction of sp³-hybridized carbons (Fsp3) is 0.522. The molecule has 4 atom stereocenters. The van der Waals surface area contributed by atoms with Crippen LogP contribution in [0.4, 0.5) is 5.82 Å². The van der Waals surface area contributed by atoms with E-state index >= 15 is 0 Å². The van der Waals surface area contributed by atoms with E-state index in [1.165, 1.54) is 19.2 Å². The fourth-order valence-corrected chi connectivity index (χ4v) is 4.57. The van der Waals surface area contributed by atoms with E-state index in [0.717, 1.165) is 18.4 Å². The summed E-state index contributed by atoms with van der Waals surface area (Å²) in [4.78, 5) is 13.2. The third-order valence-corrected chi connectivity index (χ3v) is 6.32. The smallest absolute Gasteiger partial charge is 0.167 e. The highest BCUT2D eigenvalue weighted by atomic mass is 16.6. The van der Waals surface area contributed by atoms with E-state index in [1.807, 2.05) is 30.3 Å². The topological polar surface area (TPSA) is 115 Å². The summed E-state index contributed by atoms with van der Waals surface area (Å²) in [5.41, 5.74) is 2.29. The first-order valence-corrected chi connectivity index (χ1v) is 11.3. The molecule has 1 aromatic carbocycles. The number of ether oxygens (including phenoxy) is 2. The molecule has 3 aromatic rings. The molecule has 0 spiro atoms. The second-order valence-electron chi connectivity index (χ2n) is 8.55. The van der Waals surface area contributed by atoms with Gasteiger partial charge >= 0.3 is 0 Å². The molecular weight excluding hydrogens is 410 g/mol. The Morgan fingerprint density at radius 3 is 2.69 bits per heavy atom. The second kappa shape index (κ2) is 9.50. The highest BCUT2D eigenvalue weighted by molar-refractivity contribution is 5.82. The number of imidazole rings is 1. The standard InChI is InChI=1S/C23H29N5O4/c29-19-17(10-11-31-12-15-6-2-1-3-7-15)32-23(20(19)30)28-14-26-18-21(24-13-25-22(18)28)27-16-8-4-5-9-16/h1-3,6-7,13-14,16-17,19-20,23,29-30H,4-5,8-12H2,(H,24,25,27)/t17-,19-,20-,23-/m0/s1. The Kier molecular flexibility index (Phi) is 6.31. The van der Waals surface area contributed by atoms with Crippen molar-refractivity contribution in [3.63, 3.8) is 0 Å². The molecule has 1 saturated carbocycles. The highest BCUT2D eigenvalue weighted by Gasteiger charge is 2.44. The van der Waals surface area contributed by atoms with E-state index in [-0.39, 0.29) is 0 Å². The average molecular weight is 440 g/mol. The van der Waals surface area contributed by atoms with Gasteiger partial charge in [-0.05, 0) is 24.8 Å². The summed E-state index contributed by atoms with van der Waals surface area (Å²) >= 11 is 0. The van der Waals surface area contributed by atoms with Crippen LogP contribution in [0, 0.1) is 0 Å². The van der Waals surface area contributed by atoms with Gasteiger partial charge in [-0.25, -0.2) is 15.0 Å². The number of rotatable bonds is 8. The van der Waals surface area contributed by atoms with Crippen molar-refractivity contribution in [1.82, 2.24) is 19.5 Å². The molecule has 1 aliphatic heterocycles. The van der Waals surface area contributed by atoms with Crippen molar-refractivity contribution in [2.75, 3.05) is 11.9 Å². The minimum atomic E-state index is -1.09. The van der Waals surface area contributed by atoms with Crippen LogP contribution in [0.5, 0.6) is 0 Å². The van der Waals surface area contributed by atoms with Crippen LogP contribution >= 0.6 is 0 Å². The summed E-state index contributed by atoms with van der Waals surface area (Å²) in [6.45, 7) is 0.911. The lowest BCUT2D eigenvalue weighted by molar-refractivity contribution is -0.0451. The number of aliphatic hydroxyl groups is 2. The molecule has 0 radical (unpaired) electrons. The Morgan fingerprint density at radius 2 is 1.88 bits per heavy atom. The Morgan fingerprint density at radius 1 is 1.06 bits per heavy atom. The number of fused-ring (bicyclic) bond motifs is 1. The van der Waals surface area contributed by atoms with Crippen LogP contribution in [0.1, 0.15) is 43.9 Å². The van der Waals surface area contributed by atoms with Gasteiger partial charge in [0.2, 0.25) is 0 Å². The third-order valence-electron chi connectivity index (χ3n) is 6.32. The summed E-state index contributed by atoms with van der Waals surface area (Å²) in [5.74, 6) is 0.694. The largest absolute Gasteiger partial charge is 0.388 e. The van der Waals surface area contributed by atoms with Crippen molar-refractivity contribution in [1.29, 1.82) is 0 Å². The van der Waals surface area contributed by atoms with E-state index in [2.05, 4.69) is 20.3 Å². The summed E-state index contributed by atoms with van der Waals surface area (Å²) < 4.78 is 13.4. The number of benzene rings is 1. The molecular formula is C23H29N5O4. The van der Waals surface area contributed by atoms with Gasteiger partial charge in [0.15, 0.2) is 23.2 Å². The van der Waals surface area contributed by atoms with E-state index in [4.69, 9.17) is 9.47 Å². The Balaban J connectivity index is 1.24. The van der Waals surface area contributed by atoms with E-state index in [9.17, 15) is 10.2 Å². The maximum absolute atomic E-state index is 10.7. The number of aromatic nitrogens is 4. The van der Waals surface area contributed by atoms with Gasteiger partial charge in [-0.15, -0.1) is 0 Å². The average Bonchev–Trinajstić information content (AvgIpc) is 3.54. The maximum atomic E-state index is 10.7. The number of hydrogen-bond donors (Lipinski definition) is 3. The van der Waals surface area contributed by atoms with Gasteiger partial charge in [-0.2, -0.15) is 0 Å². The Hall–Kier alpha value is -2.59. The molecule has 0 bridgehead atoms. The van der Waals surface area contributed by atoms with E-state index < -0.39 is 24.5 Å². The molecule has 2 fully saturated rings. The molecule has 3 heterocycles. The first-order chi connectivity index (χ1) is 15.7. The second-order valence-corrected chi connectivity index (χ2v) is 8.55. The zero-order chi connectivity index (χ0) is 21.9. The molecule has 2 aromatic heterocycles. The predicted octanol–water partition coefficient (Wildman–Crippen LogP) is 2.41. The quantitative estimate of drug-likeness (QED) is 0.459. The highest BCUT2D eigenvalue weighted by Crippen LogP contribution is 2.34. The summed E-state index contributed by atoms with van der Waals surface area (Å²) in [7, 11) is 0. The Labute approximate surface area is 186 Å². The predicted molar refractivity (Wildman–Crippen MR) is 118 cm³/mol. The van der Waals surface area contributed by atoms with Gasteiger partial charge in [-0.3, -0.25) is 4.57 Å². The SMILES string of the molecule is O[C@@H]1[C@H](O)[C@@H](n2cnc3c(NC4CCCC4)ncnc32)O[C@H]1CCOCc1ccccc1. The van der Waals surface area contributed by atoms with E-state index in [1.54, 1.807) is 10.9 Å². The molecule has 170 valence electrons. The molecule has 9 heteroatoms. The number of nitrogens with one attached hydrogen (secondary N) is 1. The maximum Gasteiger partial charge on any atom is 0.167 e. The summed E-state index contributed by atoms with van der Waals surface area (Å²) in [5, 5.41) is 24.7. The minimum absolute atomic E-state index is 0.397. The lowest BCUT2D eigenvalue weighted by atomic mass is 10.1. The van der Waals surface area contributed by atoms with Crippen molar-refractivity contribution >= 4 is 17.0 Å². The van der Waals surface area contributed by atoms with Gasteiger partial charge in [0.1, 0.15) is 18.5 Å². The molecule has 3 N–H and O–H groups in total. The van der Waals surface area contributed by atoms with Gasteiger partial charge < -0.3 is 25.0 Å². The van der Waals surface area contributed by atoms with Gasteiger partial charge in [0, 0.05) is 12.6 Å². The first-order valence-electron chi connectivity index (χ1n) is 11.3. The minimum Gasteiger partial charge on any atom is -0.388 e. The molecule has 9 nitrogen and oxygen atoms in total. The van der Waals surface area contributed by atoms with Gasteiger partial charge in [0.25, 0.3) is 0 Å². The lowest BCUT2D eigenvalue weighted by Gasteiger charge is -2.17. The molecule has 0 unspecified atom stereocenters. The fourth-order valence-electron chi connectivity index (χ4n) is 4.57. The molecule has 1 aliphatic carbocycles. The van der Waals surface area contributed by atoms with E-state index in [0.29, 0.717) is 42.7 Å². The molecule has 0 amide bonds. The van der Waals surface area contributed by atoms with Crippen molar-refractivity contribution in [2.45, 2.75) is 69.3 Å². The number of aliphatic hydroxyl groups excluding tert-OH is 2. The van der Waals surface area contributed by atoms with Crippen molar-refractivity contribution in [3.05, 3.63) is 48.5 Å². The van der Waals surface area contributed by atoms with Crippen molar-refractivity contribution < 1.29 is 19.7 Å². The normalized spacial score (nSPS) is 26.2. The van der Waals surface area contributed by atoms with Crippen LogP contribution in [0.15, 0.2) is 43.0 Å². The van der Waals surface area contributed by atoms with Gasteiger partial charge in [0.05, 0.1) is 19.0 Å². The molecule has 2 aliphatic rings. The number of hydrogen-bond acceptors (Lipinski definition) is 8. The first kappa shape index (κ1) is 21.3. The van der Waals surface area contributed by atoms with Crippen LogP contribution < -0.4 is 5.32 Å². The van der Waals surface area contributed by atoms with Crippen LogP contribution in [-0.2, 0) is 16.1 Å². The lowest BCUT2D eigenvalue weighted by Crippen LogP contribution is -2.32. The zero-order valence-corrected chi connectivity index (χ0v) is 17.9. The number of anilines is 1. The van der Waals surface area contributed by atoms with Crippen LogP contribution in [0.25, 0.3) is 11.2 Å². The molecule has 32 heavy (non-hydrogen) atoms. The summed E-state index contributed by atoms with van der Waals surface area (Å²) in [6.07, 6.45) is 4.81. The monoisotopic (exact) mass is 439 g/mol. The number of nitrogens with zero attached hydrogens (tertiary/aromatic N) is 4. The van der Waals surface area contributed by atoms with Crippen molar-refractivity contribution in [2.24, 2.45) is 0 Å².